The molecule has 0 saturated carbocycles. The molecule has 6 nitrogen and oxygen atoms in total. The van der Waals surface area contributed by atoms with Gasteiger partial charge in [0.2, 0.25) is 5.79 Å². The number of rotatable bonds is 7. The van der Waals surface area contributed by atoms with Crippen LogP contribution in [0.1, 0.15) is 27.9 Å². The van der Waals surface area contributed by atoms with Gasteiger partial charge in [-0.25, -0.2) is 0 Å². The number of aryl methyl sites for hydroxylation is 1. The third kappa shape index (κ3) is 4.72. The van der Waals surface area contributed by atoms with Crippen LogP contribution in [0.2, 0.25) is 10.0 Å². The lowest BCUT2D eigenvalue weighted by molar-refractivity contribution is -0.188. The monoisotopic (exact) mass is 501 g/mol. The summed E-state index contributed by atoms with van der Waals surface area (Å²) >= 11 is 12.3. The maximum Gasteiger partial charge on any atom is 0.256 e. The highest BCUT2D eigenvalue weighted by Crippen LogP contribution is 2.41. The summed E-state index contributed by atoms with van der Waals surface area (Å²) in [7, 11) is 2.99. The second-order valence-electron chi connectivity index (χ2n) is 7.98. The summed E-state index contributed by atoms with van der Waals surface area (Å²) in [4.78, 5) is 15.1. The Hall–Kier alpha value is -2.77. The fraction of sp³-hybridized carbons (Fsp3) is 0.269. The lowest BCUT2D eigenvalue weighted by Gasteiger charge is -2.32. The Morgan fingerprint density at radius 1 is 1.03 bits per heavy atom. The Morgan fingerprint density at radius 2 is 1.68 bits per heavy atom. The van der Waals surface area contributed by atoms with Crippen LogP contribution in [0.25, 0.3) is 0 Å². The lowest BCUT2D eigenvalue weighted by Crippen LogP contribution is -2.46. The quantitative estimate of drug-likeness (QED) is 0.476. The van der Waals surface area contributed by atoms with E-state index >= 15 is 0 Å². The average molecular weight is 502 g/mol. The van der Waals surface area contributed by atoms with Gasteiger partial charge in [-0.1, -0.05) is 59.6 Å². The summed E-state index contributed by atoms with van der Waals surface area (Å²) in [5.74, 6) is -1.25. The second-order valence-corrected chi connectivity index (χ2v) is 8.80. The van der Waals surface area contributed by atoms with Gasteiger partial charge in [0.1, 0.15) is 18.2 Å². The molecule has 1 unspecified atom stereocenters. The van der Waals surface area contributed by atoms with Gasteiger partial charge in [0, 0.05) is 11.1 Å². The Balaban J connectivity index is 1.70. The van der Waals surface area contributed by atoms with E-state index in [-0.39, 0.29) is 12.6 Å². The number of hydrogen-bond acceptors (Lipinski definition) is 5. The van der Waals surface area contributed by atoms with Gasteiger partial charge >= 0.3 is 0 Å². The van der Waals surface area contributed by atoms with E-state index in [1.165, 1.54) is 19.1 Å². The molecule has 1 aliphatic heterocycles. The Kier molecular flexibility index (Phi) is 7.33. The minimum atomic E-state index is -1.75. The predicted octanol–water partition coefficient (Wildman–Crippen LogP) is 5.29. The van der Waals surface area contributed by atoms with Crippen LogP contribution >= 0.6 is 23.2 Å². The Bertz CT molecular complexity index is 1170. The molecule has 0 aromatic heterocycles. The minimum absolute atomic E-state index is 0.0926. The molecule has 3 aromatic carbocycles. The first-order valence-electron chi connectivity index (χ1n) is 10.8. The van der Waals surface area contributed by atoms with Crippen molar-refractivity contribution in [2.24, 2.45) is 0 Å². The molecule has 1 aliphatic rings. The minimum Gasteiger partial charge on any atom is -0.495 e. The molecule has 34 heavy (non-hydrogen) atoms. The fourth-order valence-corrected chi connectivity index (χ4v) is 4.57. The van der Waals surface area contributed by atoms with Crippen molar-refractivity contribution in [1.82, 2.24) is 4.90 Å². The van der Waals surface area contributed by atoms with Gasteiger partial charge in [-0.05, 0) is 48.7 Å². The molecule has 0 aliphatic carbocycles. The van der Waals surface area contributed by atoms with Crippen molar-refractivity contribution < 1.29 is 24.1 Å². The van der Waals surface area contributed by atoms with Crippen LogP contribution in [-0.2, 0) is 16.9 Å². The number of hydrogen-bond donors (Lipinski definition) is 1. The summed E-state index contributed by atoms with van der Waals surface area (Å²) in [5, 5.41) is 12.6. The van der Waals surface area contributed by atoms with E-state index in [0.717, 1.165) is 5.56 Å². The van der Waals surface area contributed by atoms with Gasteiger partial charge in [-0.2, -0.15) is 0 Å². The number of carbonyl (C=O) groups is 1. The zero-order valence-corrected chi connectivity index (χ0v) is 20.3. The van der Waals surface area contributed by atoms with E-state index in [4.69, 9.17) is 37.4 Å². The van der Waals surface area contributed by atoms with Crippen molar-refractivity contribution in [2.45, 2.75) is 24.7 Å². The van der Waals surface area contributed by atoms with Crippen LogP contribution in [0, 0.1) is 0 Å². The number of halogens is 2. The predicted molar refractivity (Wildman–Crippen MR) is 131 cm³/mol. The summed E-state index contributed by atoms with van der Waals surface area (Å²) in [6.07, 6.45) is 1.09. The molecule has 1 saturated heterocycles. The largest absolute Gasteiger partial charge is 0.495 e. The Morgan fingerprint density at radius 3 is 2.35 bits per heavy atom. The SMILES string of the molecule is COc1cc(C(=O)N2COC(O)(c3ccc(Cl)c(OC)c3)[C@@H]2CCc2ccccc2)ccc1Cl. The number of amides is 1. The topological polar surface area (TPSA) is 68.2 Å². The van der Waals surface area contributed by atoms with Gasteiger partial charge in [0.25, 0.3) is 5.91 Å². The van der Waals surface area contributed by atoms with E-state index in [1.54, 1.807) is 36.4 Å². The van der Waals surface area contributed by atoms with Crippen molar-refractivity contribution in [3.05, 3.63) is 93.5 Å². The molecular weight excluding hydrogens is 477 g/mol. The van der Waals surface area contributed by atoms with Crippen LogP contribution in [-0.4, -0.2) is 42.9 Å². The molecule has 8 heteroatoms. The van der Waals surface area contributed by atoms with Gasteiger partial charge in [-0.3, -0.25) is 4.79 Å². The smallest absolute Gasteiger partial charge is 0.256 e. The second kappa shape index (κ2) is 10.2. The van der Waals surface area contributed by atoms with Crippen LogP contribution in [0.3, 0.4) is 0 Å². The first-order chi connectivity index (χ1) is 16.4. The zero-order chi connectivity index (χ0) is 24.3. The molecule has 3 aromatic rings. The first kappa shape index (κ1) is 24.4. The molecule has 1 amide bonds. The molecule has 0 spiro atoms. The van der Waals surface area contributed by atoms with Crippen molar-refractivity contribution in [3.63, 3.8) is 0 Å². The average Bonchev–Trinajstić information content (AvgIpc) is 3.20. The summed E-state index contributed by atoms with van der Waals surface area (Å²) in [6.45, 7) is -0.0926. The molecule has 4 rings (SSSR count). The fourth-order valence-electron chi connectivity index (χ4n) is 4.18. The molecule has 1 fully saturated rings. The maximum absolute atomic E-state index is 13.5. The van der Waals surface area contributed by atoms with E-state index in [9.17, 15) is 9.90 Å². The van der Waals surface area contributed by atoms with E-state index < -0.39 is 11.8 Å². The molecular formula is C26H25Cl2NO5. The number of aliphatic hydroxyl groups is 1. The maximum atomic E-state index is 13.5. The lowest BCUT2D eigenvalue weighted by atomic mass is 9.92. The number of ether oxygens (including phenoxy) is 3. The van der Waals surface area contributed by atoms with Gasteiger partial charge < -0.3 is 24.2 Å². The van der Waals surface area contributed by atoms with Crippen LogP contribution < -0.4 is 9.47 Å². The molecule has 0 bridgehead atoms. The van der Waals surface area contributed by atoms with Crippen molar-refractivity contribution in [2.75, 3.05) is 21.0 Å². The van der Waals surface area contributed by atoms with E-state index in [2.05, 4.69) is 0 Å². The van der Waals surface area contributed by atoms with E-state index in [0.29, 0.717) is 45.5 Å². The number of carbonyl (C=O) groups excluding carboxylic acids is 1. The van der Waals surface area contributed by atoms with Crippen LogP contribution in [0.5, 0.6) is 11.5 Å². The third-order valence-corrected chi connectivity index (χ3v) is 6.65. The van der Waals surface area contributed by atoms with Crippen molar-refractivity contribution in [1.29, 1.82) is 0 Å². The number of methoxy groups -OCH3 is 2. The number of nitrogens with zero attached hydrogens (tertiary/aromatic N) is 1. The normalized spacial score (nSPS) is 19.8. The molecule has 1 heterocycles. The third-order valence-electron chi connectivity index (χ3n) is 6.02. The molecule has 0 radical (unpaired) electrons. The summed E-state index contributed by atoms with van der Waals surface area (Å²) in [5.41, 5.74) is 1.93. The highest BCUT2D eigenvalue weighted by molar-refractivity contribution is 6.32. The zero-order valence-electron chi connectivity index (χ0n) is 18.8. The summed E-state index contributed by atoms with van der Waals surface area (Å²) in [6, 6.07) is 19.0. The van der Waals surface area contributed by atoms with Crippen molar-refractivity contribution >= 4 is 29.1 Å². The highest BCUT2D eigenvalue weighted by Gasteiger charge is 2.50. The standard InChI is InChI=1S/C26H25Cl2NO5/c1-32-22-14-18(9-11-20(22)27)25(30)29-16-34-26(31,19-10-12-21(28)23(15-19)33-2)24(29)13-8-17-6-4-3-5-7-17/h3-7,9-12,14-15,24,31H,8,13,16H2,1-2H3/t24-,26?/m0/s1. The number of benzene rings is 3. The van der Waals surface area contributed by atoms with E-state index in [1.807, 2.05) is 30.3 Å². The Labute approximate surface area is 208 Å². The van der Waals surface area contributed by atoms with Gasteiger partial charge in [0.05, 0.1) is 30.3 Å². The first-order valence-corrected chi connectivity index (χ1v) is 11.5. The van der Waals surface area contributed by atoms with Crippen LogP contribution in [0.15, 0.2) is 66.7 Å². The van der Waals surface area contributed by atoms with Gasteiger partial charge in [0.15, 0.2) is 0 Å². The van der Waals surface area contributed by atoms with Crippen LogP contribution in [0.4, 0.5) is 0 Å². The molecule has 178 valence electrons. The summed E-state index contributed by atoms with van der Waals surface area (Å²) < 4.78 is 16.5. The van der Waals surface area contributed by atoms with Gasteiger partial charge in [-0.15, -0.1) is 0 Å². The van der Waals surface area contributed by atoms with Crippen molar-refractivity contribution in [3.8, 4) is 11.5 Å². The molecule has 2 atom stereocenters. The highest BCUT2D eigenvalue weighted by atomic mass is 35.5. The molecule has 1 N–H and O–H groups in total.